The van der Waals surface area contributed by atoms with Gasteiger partial charge in [-0.2, -0.15) is 0 Å². The molecule has 0 spiro atoms. The Morgan fingerprint density at radius 3 is 2.84 bits per heavy atom. The minimum absolute atomic E-state index is 0.170. The highest BCUT2D eigenvalue weighted by Crippen LogP contribution is 2.23. The Morgan fingerprint density at radius 1 is 1.42 bits per heavy atom. The first-order valence-electron chi connectivity index (χ1n) is 6.63. The number of nitrogens with two attached hydrogens (primary N) is 1. The number of hydrogen-bond donors (Lipinski definition) is 1. The molecule has 4 nitrogen and oxygen atoms in total. The van der Waals surface area contributed by atoms with Crippen molar-refractivity contribution in [3.63, 3.8) is 0 Å². The number of nitrogens with zero attached hydrogens (tertiary/aromatic N) is 2. The van der Waals surface area contributed by atoms with Crippen LogP contribution in [0.2, 0.25) is 0 Å². The van der Waals surface area contributed by atoms with Gasteiger partial charge in [-0.15, -0.1) is 0 Å². The van der Waals surface area contributed by atoms with Crippen molar-refractivity contribution in [2.24, 2.45) is 5.73 Å². The van der Waals surface area contributed by atoms with Crippen molar-refractivity contribution in [2.45, 2.75) is 26.4 Å². The van der Waals surface area contributed by atoms with E-state index in [9.17, 15) is 0 Å². The van der Waals surface area contributed by atoms with E-state index in [1.807, 2.05) is 30.6 Å². The van der Waals surface area contributed by atoms with Crippen LogP contribution in [0.3, 0.4) is 0 Å². The van der Waals surface area contributed by atoms with E-state index >= 15 is 0 Å². The van der Waals surface area contributed by atoms with E-state index in [0.717, 1.165) is 18.8 Å². The summed E-state index contributed by atoms with van der Waals surface area (Å²) < 4.78 is 5.43. The molecule has 0 saturated heterocycles. The highest BCUT2D eigenvalue weighted by molar-refractivity contribution is 5.25. The summed E-state index contributed by atoms with van der Waals surface area (Å²) in [5.41, 5.74) is 8.40. The van der Waals surface area contributed by atoms with E-state index in [0.29, 0.717) is 6.54 Å². The fourth-order valence-corrected chi connectivity index (χ4v) is 2.34. The Kier molecular flexibility index (Phi) is 4.71. The third-order valence-corrected chi connectivity index (χ3v) is 3.45. The molecule has 0 aliphatic heterocycles. The molecule has 1 unspecified atom stereocenters. The van der Waals surface area contributed by atoms with E-state index in [2.05, 4.69) is 23.7 Å². The summed E-state index contributed by atoms with van der Waals surface area (Å²) in [5.74, 6) is 0.960. The zero-order chi connectivity index (χ0) is 13.7. The quantitative estimate of drug-likeness (QED) is 0.866. The monoisotopic (exact) mass is 259 g/mol. The van der Waals surface area contributed by atoms with E-state index < -0.39 is 0 Å². The molecule has 19 heavy (non-hydrogen) atoms. The normalized spacial score (nSPS) is 12.8. The van der Waals surface area contributed by atoms with Gasteiger partial charge in [0.25, 0.3) is 0 Å². The van der Waals surface area contributed by atoms with Crippen LogP contribution in [-0.2, 0) is 6.54 Å². The summed E-state index contributed by atoms with van der Waals surface area (Å²) in [5, 5.41) is 0. The minimum Gasteiger partial charge on any atom is -0.468 e. The average Bonchev–Trinajstić information content (AvgIpc) is 2.93. The molecule has 0 aliphatic carbocycles. The largest absolute Gasteiger partial charge is 0.468 e. The van der Waals surface area contributed by atoms with Gasteiger partial charge in [-0.25, -0.2) is 0 Å². The second-order valence-electron chi connectivity index (χ2n) is 4.63. The summed E-state index contributed by atoms with van der Waals surface area (Å²) >= 11 is 0. The van der Waals surface area contributed by atoms with Crippen molar-refractivity contribution in [3.8, 4) is 0 Å². The minimum atomic E-state index is 0.170. The van der Waals surface area contributed by atoms with Crippen LogP contribution in [-0.4, -0.2) is 23.0 Å². The number of pyridine rings is 1. The van der Waals surface area contributed by atoms with Crippen LogP contribution in [0, 0.1) is 6.92 Å². The molecular formula is C15H21N3O. The van der Waals surface area contributed by atoms with E-state index in [4.69, 9.17) is 10.2 Å². The topological polar surface area (TPSA) is 55.3 Å². The zero-order valence-corrected chi connectivity index (χ0v) is 11.5. The zero-order valence-electron chi connectivity index (χ0n) is 11.5. The van der Waals surface area contributed by atoms with Crippen molar-refractivity contribution in [1.82, 2.24) is 9.88 Å². The lowest BCUT2D eigenvalue weighted by Crippen LogP contribution is -2.33. The van der Waals surface area contributed by atoms with Gasteiger partial charge in [0, 0.05) is 25.0 Å². The van der Waals surface area contributed by atoms with Gasteiger partial charge in [-0.1, -0.05) is 6.92 Å². The molecule has 2 heterocycles. The third-order valence-electron chi connectivity index (χ3n) is 3.45. The maximum absolute atomic E-state index is 5.98. The molecule has 0 aliphatic rings. The first-order valence-corrected chi connectivity index (χ1v) is 6.63. The predicted molar refractivity (Wildman–Crippen MR) is 75.6 cm³/mol. The van der Waals surface area contributed by atoms with Crippen molar-refractivity contribution < 1.29 is 4.42 Å². The predicted octanol–water partition coefficient (Wildman–Crippen LogP) is 2.50. The standard InChI is InChI=1S/C15H21N3O/c1-3-18(11-13-5-4-8-19-13)15(9-16)14-10-17-7-6-12(14)2/h4-8,10,15H,3,9,11,16H2,1-2H3. The first kappa shape index (κ1) is 13.8. The molecule has 2 aromatic rings. The van der Waals surface area contributed by atoms with Gasteiger partial charge >= 0.3 is 0 Å². The molecule has 1 atom stereocenters. The van der Waals surface area contributed by atoms with E-state index in [1.54, 1.807) is 6.26 Å². The molecule has 2 aromatic heterocycles. The Morgan fingerprint density at radius 2 is 2.26 bits per heavy atom. The fourth-order valence-electron chi connectivity index (χ4n) is 2.34. The summed E-state index contributed by atoms with van der Waals surface area (Å²) in [4.78, 5) is 6.53. The van der Waals surface area contributed by atoms with Crippen molar-refractivity contribution in [2.75, 3.05) is 13.1 Å². The van der Waals surface area contributed by atoms with Gasteiger partial charge in [0.2, 0.25) is 0 Å². The Hall–Kier alpha value is -1.65. The lowest BCUT2D eigenvalue weighted by Gasteiger charge is -2.30. The van der Waals surface area contributed by atoms with Crippen molar-refractivity contribution in [1.29, 1.82) is 0 Å². The summed E-state index contributed by atoms with van der Waals surface area (Å²) in [6.07, 6.45) is 5.43. The SMILES string of the molecule is CCN(Cc1ccco1)C(CN)c1cnccc1C. The Labute approximate surface area is 114 Å². The molecule has 4 heteroatoms. The molecule has 0 aromatic carbocycles. The van der Waals surface area contributed by atoms with Crippen LogP contribution in [0.1, 0.15) is 29.9 Å². The van der Waals surface area contributed by atoms with Gasteiger partial charge in [0.1, 0.15) is 5.76 Å². The first-order chi connectivity index (χ1) is 9.26. The lowest BCUT2D eigenvalue weighted by atomic mass is 10.0. The van der Waals surface area contributed by atoms with Gasteiger partial charge in [-0.3, -0.25) is 9.88 Å². The molecule has 0 fully saturated rings. The maximum atomic E-state index is 5.98. The van der Waals surface area contributed by atoms with Gasteiger partial charge in [-0.05, 0) is 42.8 Å². The third kappa shape index (κ3) is 3.22. The highest BCUT2D eigenvalue weighted by Gasteiger charge is 2.20. The van der Waals surface area contributed by atoms with Crippen LogP contribution in [0.5, 0.6) is 0 Å². The average molecular weight is 259 g/mol. The molecule has 0 radical (unpaired) electrons. The van der Waals surface area contributed by atoms with Crippen LogP contribution in [0.4, 0.5) is 0 Å². The van der Waals surface area contributed by atoms with Crippen molar-refractivity contribution >= 4 is 0 Å². The molecule has 2 rings (SSSR count). The smallest absolute Gasteiger partial charge is 0.117 e. The van der Waals surface area contributed by atoms with Crippen LogP contribution in [0.15, 0.2) is 41.3 Å². The summed E-state index contributed by atoms with van der Waals surface area (Å²) in [6, 6.07) is 6.10. The van der Waals surface area contributed by atoms with Crippen LogP contribution >= 0.6 is 0 Å². The van der Waals surface area contributed by atoms with E-state index in [-0.39, 0.29) is 6.04 Å². The van der Waals surface area contributed by atoms with Crippen molar-refractivity contribution in [3.05, 3.63) is 53.7 Å². The Balaban J connectivity index is 2.21. The van der Waals surface area contributed by atoms with E-state index in [1.165, 1.54) is 11.1 Å². The summed E-state index contributed by atoms with van der Waals surface area (Å²) in [6.45, 7) is 6.48. The van der Waals surface area contributed by atoms with Gasteiger partial charge < -0.3 is 10.2 Å². The molecule has 2 N–H and O–H groups in total. The second-order valence-corrected chi connectivity index (χ2v) is 4.63. The van der Waals surface area contributed by atoms with Gasteiger partial charge in [0.15, 0.2) is 0 Å². The number of likely N-dealkylation sites (N-methyl/N-ethyl adjacent to an activating group) is 1. The molecule has 0 bridgehead atoms. The number of aromatic nitrogens is 1. The molecule has 0 saturated carbocycles. The molecular weight excluding hydrogens is 238 g/mol. The molecule has 0 amide bonds. The fraction of sp³-hybridized carbons (Fsp3) is 0.400. The maximum Gasteiger partial charge on any atom is 0.117 e. The number of hydrogen-bond acceptors (Lipinski definition) is 4. The van der Waals surface area contributed by atoms with Crippen LogP contribution < -0.4 is 5.73 Å². The summed E-state index contributed by atoms with van der Waals surface area (Å²) in [7, 11) is 0. The van der Waals surface area contributed by atoms with Gasteiger partial charge in [0.05, 0.1) is 12.8 Å². The number of aryl methyl sites for hydroxylation is 1. The number of rotatable bonds is 6. The highest BCUT2D eigenvalue weighted by atomic mass is 16.3. The lowest BCUT2D eigenvalue weighted by molar-refractivity contribution is 0.187. The second kappa shape index (κ2) is 6.50. The number of furan rings is 1. The molecule has 102 valence electrons. The van der Waals surface area contributed by atoms with Crippen LogP contribution in [0.25, 0.3) is 0 Å². The Bertz CT molecular complexity index is 496.